The highest BCUT2D eigenvalue weighted by molar-refractivity contribution is 5.48. The number of likely N-dealkylation sites (tertiary alicyclic amines) is 1. The van der Waals surface area contributed by atoms with Gasteiger partial charge in [0.2, 0.25) is 0 Å². The maximum Gasteiger partial charge on any atom is 0.134 e. The molecule has 1 aromatic carbocycles. The second-order valence-electron chi connectivity index (χ2n) is 5.21. The van der Waals surface area contributed by atoms with Gasteiger partial charge in [0.25, 0.3) is 0 Å². The highest BCUT2D eigenvalue weighted by Crippen LogP contribution is 2.21. The molecule has 0 saturated carbocycles. The van der Waals surface area contributed by atoms with Crippen molar-refractivity contribution < 1.29 is 14.6 Å². The molecule has 1 N–H and O–H groups in total. The van der Waals surface area contributed by atoms with Crippen LogP contribution in [-0.4, -0.2) is 50.0 Å². The van der Waals surface area contributed by atoms with E-state index in [0.717, 1.165) is 43.8 Å². The Bertz CT molecular complexity index is 511. The van der Waals surface area contributed by atoms with E-state index in [4.69, 9.17) is 14.6 Å². The van der Waals surface area contributed by atoms with Crippen molar-refractivity contribution >= 4 is 0 Å². The maximum absolute atomic E-state index is 8.84. The minimum atomic E-state index is -0.141. The summed E-state index contributed by atoms with van der Waals surface area (Å²) in [7, 11) is 3.42. The molecule has 4 nitrogen and oxygen atoms in total. The van der Waals surface area contributed by atoms with Gasteiger partial charge in [0, 0.05) is 26.7 Å². The van der Waals surface area contributed by atoms with Crippen molar-refractivity contribution in [1.29, 1.82) is 0 Å². The Kier molecular flexibility index (Phi) is 6.06. The van der Waals surface area contributed by atoms with E-state index >= 15 is 0 Å². The van der Waals surface area contributed by atoms with Crippen molar-refractivity contribution in [3.8, 4) is 17.6 Å². The van der Waals surface area contributed by atoms with Crippen LogP contribution in [0.3, 0.4) is 0 Å². The van der Waals surface area contributed by atoms with Crippen LogP contribution in [-0.2, 0) is 11.3 Å². The number of methoxy groups -OCH3 is 2. The van der Waals surface area contributed by atoms with E-state index in [9.17, 15) is 0 Å². The summed E-state index contributed by atoms with van der Waals surface area (Å²) in [5.74, 6) is 6.37. The lowest BCUT2D eigenvalue weighted by molar-refractivity contribution is 0.0388. The number of ether oxygens (including phenoxy) is 2. The molecule has 0 radical (unpaired) electrons. The Morgan fingerprint density at radius 1 is 1.29 bits per heavy atom. The molecule has 0 unspecified atom stereocenters. The van der Waals surface area contributed by atoms with Gasteiger partial charge in [0.05, 0.1) is 18.8 Å². The summed E-state index contributed by atoms with van der Waals surface area (Å²) in [5, 5.41) is 8.84. The van der Waals surface area contributed by atoms with Crippen molar-refractivity contribution in [2.75, 3.05) is 33.9 Å². The van der Waals surface area contributed by atoms with Gasteiger partial charge in [-0.3, -0.25) is 4.90 Å². The third-order valence-corrected chi connectivity index (χ3v) is 3.84. The van der Waals surface area contributed by atoms with E-state index in [2.05, 4.69) is 22.8 Å². The SMILES string of the molecule is COc1ccc(CN2CCC(OC)CC2)cc1C#CCO. The Morgan fingerprint density at radius 2 is 2.05 bits per heavy atom. The van der Waals surface area contributed by atoms with E-state index in [1.54, 1.807) is 14.2 Å². The Morgan fingerprint density at radius 3 is 2.67 bits per heavy atom. The fraction of sp³-hybridized carbons (Fsp3) is 0.529. The first kappa shape index (κ1) is 15.8. The Labute approximate surface area is 126 Å². The van der Waals surface area contributed by atoms with Crippen LogP contribution >= 0.6 is 0 Å². The van der Waals surface area contributed by atoms with Crippen LogP contribution in [0.4, 0.5) is 0 Å². The van der Waals surface area contributed by atoms with Crippen LogP contribution in [0.2, 0.25) is 0 Å². The zero-order valence-electron chi connectivity index (χ0n) is 12.8. The lowest BCUT2D eigenvalue weighted by Gasteiger charge is -2.31. The van der Waals surface area contributed by atoms with E-state index < -0.39 is 0 Å². The monoisotopic (exact) mass is 289 g/mol. The number of aliphatic hydroxyl groups excluding tert-OH is 1. The minimum absolute atomic E-state index is 0.141. The van der Waals surface area contributed by atoms with Crippen LogP contribution in [0.1, 0.15) is 24.0 Å². The number of rotatable bonds is 4. The summed E-state index contributed by atoms with van der Waals surface area (Å²) in [6.07, 6.45) is 2.58. The molecular formula is C17H23NO3. The number of hydrogen-bond donors (Lipinski definition) is 1. The van der Waals surface area contributed by atoms with Crippen LogP contribution in [0.5, 0.6) is 5.75 Å². The fourth-order valence-electron chi connectivity index (χ4n) is 2.65. The molecule has 1 saturated heterocycles. The molecule has 1 aliphatic heterocycles. The summed E-state index contributed by atoms with van der Waals surface area (Å²) >= 11 is 0. The van der Waals surface area contributed by atoms with Crippen molar-refractivity contribution in [3.63, 3.8) is 0 Å². The zero-order valence-corrected chi connectivity index (χ0v) is 12.8. The third kappa shape index (κ3) is 4.47. The third-order valence-electron chi connectivity index (χ3n) is 3.84. The largest absolute Gasteiger partial charge is 0.495 e. The van der Waals surface area contributed by atoms with Crippen molar-refractivity contribution in [3.05, 3.63) is 29.3 Å². The van der Waals surface area contributed by atoms with Crippen molar-refractivity contribution in [2.45, 2.75) is 25.5 Å². The molecule has 4 heteroatoms. The number of benzene rings is 1. The summed E-state index contributed by atoms with van der Waals surface area (Å²) in [5.41, 5.74) is 2.05. The smallest absolute Gasteiger partial charge is 0.134 e. The molecular weight excluding hydrogens is 266 g/mol. The molecule has 0 bridgehead atoms. The molecule has 1 aliphatic rings. The first-order chi connectivity index (χ1) is 10.3. The van der Waals surface area contributed by atoms with Crippen LogP contribution < -0.4 is 4.74 Å². The van der Waals surface area contributed by atoms with Gasteiger partial charge < -0.3 is 14.6 Å². The van der Waals surface area contributed by atoms with Gasteiger partial charge >= 0.3 is 0 Å². The summed E-state index contributed by atoms with van der Waals surface area (Å²) in [6, 6.07) is 6.06. The zero-order chi connectivity index (χ0) is 15.1. The van der Waals surface area contributed by atoms with Gasteiger partial charge in [-0.2, -0.15) is 0 Å². The molecule has 2 rings (SSSR count). The predicted molar refractivity (Wildman–Crippen MR) is 82.3 cm³/mol. The highest BCUT2D eigenvalue weighted by Gasteiger charge is 2.18. The van der Waals surface area contributed by atoms with Gasteiger partial charge in [0.15, 0.2) is 0 Å². The normalized spacial score (nSPS) is 16.3. The van der Waals surface area contributed by atoms with Crippen LogP contribution in [0.15, 0.2) is 18.2 Å². The van der Waals surface area contributed by atoms with Gasteiger partial charge in [-0.05, 0) is 30.5 Å². The molecule has 21 heavy (non-hydrogen) atoms. The molecule has 1 fully saturated rings. The fourth-order valence-corrected chi connectivity index (χ4v) is 2.65. The molecule has 0 atom stereocenters. The van der Waals surface area contributed by atoms with Crippen molar-refractivity contribution in [2.24, 2.45) is 0 Å². The maximum atomic E-state index is 8.84. The second kappa shape index (κ2) is 8.04. The molecule has 0 spiro atoms. The number of nitrogens with zero attached hydrogens (tertiary/aromatic N) is 1. The van der Waals surface area contributed by atoms with Crippen LogP contribution in [0.25, 0.3) is 0 Å². The van der Waals surface area contributed by atoms with Gasteiger partial charge in [0.1, 0.15) is 12.4 Å². The lowest BCUT2D eigenvalue weighted by atomic mass is 10.1. The quantitative estimate of drug-likeness (QED) is 0.856. The van der Waals surface area contributed by atoms with Crippen molar-refractivity contribution in [1.82, 2.24) is 4.90 Å². The van der Waals surface area contributed by atoms with E-state index in [-0.39, 0.29) is 6.61 Å². The summed E-state index contributed by atoms with van der Waals surface area (Å²) < 4.78 is 10.7. The first-order valence-corrected chi connectivity index (χ1v) is 7.28. The summed E-state index contributed by atoms with van der Waals surface area (Å²) in [4.78, 5) is 2.43. The van der Waals surface area contributed by atoms with Gasteiger partial charge in [-0.15, -0.1) is 0 Å². The molecule has 0 aromatic heterocycles. The topological polar surface area (TPSA) is 41.9 Å². The second-order valence-corrected chi connectivity index (χ2v) is 5.21. The Hall–Kier alpha value is -1.54. The van der Waals surface area contributed by atoms with E-state index in [1.165, 1.54) is 5.56 Å². The number of aliphatic hydroxyl groups is 1. The predicted octanol–water partition coefficient (Wildman–Crippen LogP) is 1.65. The lowest BCUT2D eigenvalue weighted by Crippen LogP contribution is -2.36. The average Bonchev–Trinajstić information content (AvgIpc) is 2.54. The molecule has 0 amide bonds. The van der Waals surface area contributed by atoms with E-state index in [1.807, 2.05) is 12.1 Å². The van der Waals surface area contributed by atoms with Gasteiger partial charge in [-0.1, -0.05) is 17.9 Å². The summed E-state index contributed by atoms with van der Waals surface area (Å²) in [6.45, 7) is 2.89. The molecule has 1 aromatic rings. The Balaban J connectivity index is 2.03. The number of piperidine rings is 1. The first-order valence-electron chi connectivity index (χ1n) is 7.28. The standard InChI is InChI=1S/C17H23NO3/c1-20-16-7-9-18(10-8-16)13-14-5-6-17(21-2)15(12-14)4-3-11-19/h5-6,12,16,19H,7-11,13H2,1-2H3. The molecule has 0 aliphatic carbocycles. The number of hydrogen-bond acceptors (Lipinski definition) is 4. The van der Waals surface area contributed by atoms with Crippen LogP contribution in [0, 0.1) is 11.8 Å². The highest BCUT2D eigenvalue weighted by atomic mass is 16.5. The molecule has 114 valence electrons. The molecule has 1 heterocycles. The average molecular weight is 289 g/mol. The van der Waals surface area contributed by atoms with Gasteiger partial charge in [-0.25, -0.2) is 0 Å². The minimum Gasteiger partial charge on any atom is -0.495 e. The van der Waals surface area contributed by atoms with E-state index in [0.29, 0.717) is 6.10 Å².